The van der Waals surface area contributed by atoms with E-state index >= 15 is 0 Å². The summed E-state index contributed by atoms with van der Waals surface area (Å²) in [6.07, 6.45) is 2.70. The van der Waals surface area contributed by atoms with Crippen molar-refractivity contribution < 1.29 is 0 Å². The standard InChI is InChI=1S/C13H24/c1-9(2)10(3)7-8-13(6)11(4)12(13)5/h9-10,12H,4,7-8H2,1-3,5-6H3. The van der Waals surface area contributed by atoms with Gasteiger partial charge in [0.1, 0.15) is 0 Å². The second kappa shape index (κ2) is 3.48. The van der Waals surface area contributed by atoms with E-state index < -0.39 is 0 Å². The van der Waals surface area contributed by atoms with Crippen molar-refractivity contribution in [3.05, 3.63) is 12.2 Å². The predicted molar refractivity (Wildman–Crippen MR) is 59.6 cm³/mol. The van der Waals surface area contributed by atoms with E-state index in [0.717, 1.165) is 17.8 Å². The zero-order valence-electron chi connectivity index (χ0n) is 9.85. The van der Waals surface area contributed by atoms with Crippen LogP contribution in [0.1, 0.15) is 47.5 Å². The van der Waals surface area contributed by atoms with Gasteiger partial charge >= 0.3 is 0 Å². The molecule has 3 atom stereocenters. The maximum Gasteiger partial charge on any atom is -0.00531 e. The Morgan fingerprint density at radius 2 is 1.85 bits per heavy atom. The fourth-order valence-corrected chi connectivity index (χ4v) is 2.02. The highest BCUT2D eigenvalue weighted by Crippen LogP contribution is 2.60. The van der Waals surface area contributed by atoms with Crippen LogP contribution in [-0.2, 0) is 0 Å². The van der Waals surface area contributed by atoms with Crippen LogP contribution in [0.4, 0.5) is 0 Å². The van der Waals surface area contributed by atoms with Crippen LogP contribution in [0.3, 0.4) is 0 Å². The van der Waals surface area contributed by atoms with Gasteiger partial charge in [-0.05, 0) is 36.0 Å². The van der Waals surface area contributed by atoms with Crippen LogP contribution in [-0.4, -0.2) is 0 Å². The summed E-state index contributed by atoms with van der Waals surface area (Å²) in [5.41, 5.74) is 1.96. The normalized spacial score (nSPS) is 35.2. The molecule has 1 saturated carbocycles. The lowest BCUT2D eigenvalue weighted by Crippen LogP contribution is -2.07. The summed E-state index contributed by atoms with van der Waals surface area (Å²) in [4.78, 5) is 0. The van der Waals surface area contributed by atoms with Crippen LogP contribution in [0, 0.1) is 23.2 Å². The summed E-state index contributed by atoms with van der Waals surface area (Å²) in [5.74, 6) is 2.45. The Labute approximate surface area is 83.4 Å². The lowest BCUT2D eigenvalue weighted by molar-refractivity contribution is 0.338. The third kappa shape index (κ3) is 1.98. The highest BCUT2D eigenvalue weighted by molar-refractivity contribution is 5.32. The monoisotopic (exact) mass is 180 g/mol. The molecule has 0 heterocycles. The van der Waals surface area contributed by atoms with E-state index in [0.29, 0.717) is 5.41 Å². The van der Waals surface area contributed by atoms with Crippen molar-refractivity contribution in [1.82, 2.24) is 0 Å². The van der Waals surface area contributed by atoms with Gasteiger partial charge in [-0.25, -0.2) is 0 Å². The van der Waals surface area contributed by atoms with Crippen molar-refractivity contribution in [1.29, 1.82) is 0 Å². The fraction of sp³-hybridized carbons (Fsp3) is 0.846. The Balaban J connectivity index is 2.32. The summed E-state index contributed by atoms with van der Waals surface area (Å²) >= 11 is 0. The topological polar surface area (TPSA) is 0 Å². The van der Waals surface area contributed by atoms with Gasteiger partial charge in [0.25, 0.3) is 0 Å². The van der Waals surface area contributed by atoms with Gasteiger partial charge in [0.2, 0.25) is 0 Å². The molecule has 0 amide bonds. The van der Waals surface area contributed by atoms with Crippen LogP contribution in [0.2, 0.25) is 0 Å². The van der Waals surface area contributed by atoms with Gasteiger partial charge in [-0.15, -0.1) is 0 Å². The molecule has 0 N–H and O–H groups in total. The van der Waals surface area contributed by atoms with E-state index in [2.05, 4.69) is 41.2 Å². The largest absolute Gasteiger partial charge is 0.0990 e. The maximum absolute atomic E-state index is 4.12. The van der Waals surface area contributed by atoms with Gasteiger partial charge in [0.05, 0.1) is 0 Å². The molecule has 76 valence electrons. The van der Waals surface area contributed by atoms with Crippen molar-refractivity contribution in [2.24, 2.45) is 23.2 Å². The average molecular weight is 180 g/mol. The molecule has 13 heavy (non-hydrogen) atoms. The lowest BCUT2D eigenvalue weighted by atomic mass is 9.88. The summed E-state index contributed by atoms with van der Waals surface area (Å²) < 4.78 is 0. The minimum atomic E-state index is 0.489. The molecule has 3 unspecified atom stereocenters. The first-order chi connectivity index (χ1) is 5.89. The lowest BCUT2D eigenvalue weighted by Gasteiger charge is -2.17. The molecule has 0 aromatic rings. The molecule has 1 rings (SSSR count). The Morgan fingerprint density at radius 1 is 1.38 bits per heavy atom. The molecule has 0 bridgehead atoms. The van der Waals surface area contributed by atoms with Gasteiger partial charge in [-0.2, -0.15) is 0 Å². The molecule has 1 fully saturated rings. The second-order valence-corrected chi connectivity index (χ2v) is 5.42. The average Bonchev–Trinajstić information content (AvgIpc) is 2.53. The predicted octanol–water partition coefficient (Wildman–Crippen LogP) is 4.27. The Morgan fingerprint density at radius 3 is 2.15 bits per heavy atom. The zero-order chi connectivity index (χ0) is 10.2. The van der Waals surface area contributed by atoms with Crippen LogP contribution in [0.25, 0.3) is 0 Å². The summed E-state index contributed by atoms with van der Waals surface area (Å²) in [7, 11) is 0. The first-order valence-electron chi connectivity index (χ1n) is 5.59. The Hall–Kier alpha value is -0.260. The van der Waals surface area contributed by atoms with Gasteiger partial charge in [-0.3, -0.25) is 0 Å². The van der Waals surface area contributed by atoms with Crippen molar-refractivity contribution >= 4 is 0 Å². The van der Waals surface area contributed by atoms with Crippen molar-refractivity contribution in [2.75, 3.05) is 0 Å². The molecule has 0 spiro atoms. The highest BCUT2D eigenvalue weighted by atomic mass is 14.5. The maximum atomic E-state index is 4.12. The molecule has 0 heteroatoms. The first kappa shape index (κ1) is 10.8. The smallest absolute Gasteiger partial charge is 0.00531 e. The number of hydrogen-bond donors (Lipinski definition) is 0. The number of allylic oxidation sites excluding steroid dienone is 1. The molecule has 0 nitrogen and oxygen atoms in total. The minimum Gasteiger partial charge on any atom is -0.0990 e. The van der Waals surface area contributed by atoms with Gasteiger partial charge in [0.15, 0.2) is 0 Å². The van der Waals surface area contributed by atoms with E-state index in [-0.39, 0.29) is 0 Å². The van der Waals surface area contributed by atoms with Crippen LogP contribution < -0.4 is 0 Å². The molecule has 1 aliphatic rings. The quantitative estimate of drug-likeness (QED) is 0.567. The third-order valence-electron chi connectivity index (χ3n) is 4.39. The van der Waals surface area contributed by atoms with E-state index in [4.69, 9.17) is 0 Å². The molecular weight excluding hydrogens is 156 g/mol. The summed E-state index contributed by atoms with van der Waals surface area (Å²) in [6, 6.07) is 0. The van der Waals surface area contributed by atoms with Gasteiger partial charge in [0, 0.05) is 0 Å². The highest BCUT2D eigenvalue weighted by Gasteiger charge is 2.50. The fourth-order valence-electron chi connectivity index (χ4n) is 2.02. The van der Waals surface area contributed by atoms with Crippen LogP contribution in [0.15, 0.2) is 12.2 Å². The van der Waals surface area contributed by atoms with Crippen LogP contribution in [0.5, 0.6) is 0 Å². The Kier molecular flexibility index (Phi) is 2.89. The Bertz CT molecular complexity index is 202. The van der Waals surface area contributed by atoms with E-state index in [9.17, 15) is 0 Å². The van der Waals surface area contributed by atoms with Crippen molar-refractivity contribution in [2.45, 2.75) is 47.5 Å². The molecule has 0 aliphatic heterocycles. The van der Waals surface area contributed by atoms with E-state index in [1.165, 1.54) is 18.4 Å². The van der Waals surface area contributed by atoms with E-state index in [1.54, 1.807) is 0 Å². The summed E-state index contributed by atoms with van der Waals surface area (Å²) in [6.45, 7) is 15.8. The molecule has 0 aromatic carbocycles. The van der Waals surface area contributed by atoms with Gasteiger partial charge < -0.3 is 0 Å². The summed E-state index contributed by atoms with van der Waals surface area (Å²) in [5, 5.41) is 0. The third-order valence-corrected chi connectivity index (χ3v) is 4.39. The molecule has 0 radical (unpaired) electrons. The number of hydrogen-bond acceptors (Lipinski definition) is 0. The molecule has 0 saturated heterocycles. The first-order valence-corrected chi connectivity index (χ1v) is 5.59. The SMILES string of the molecule is C=C1C(C)C1(C)CCC(C)C(C)C. The zero-order valence-corrected chi connectivity index (χ0v) is 9.85. The van der Waals surface area contributed by atoms with E-state index in [1.807, 2.05) is 0 Å². The molecule has 0 aromatic heterocycles. The van der Waals surface area contributed by atoms with Gasteiger partial charge in [-0.1, -0.05) is 46.8 Å². The minimum absolute atomic E-state index is 0.489. The number of rotatable bonds is 4. The molecule has 1 aliphatic carbocycles. The second-order valence-electron chi connectivity index (χ2n) is 5.42. The molecular formula is C13H24. The van der Waals surface area contributed by atoms with Crippen LogP contribution >= 0.6 is 0 Å². The van der Waals surface area contributed by atoms with Crippen molar-refractivity contribution in [3.63, 3.8) is 0 Å². The van der Waals surface area contributed by atoms with Crippen molar-refractivity contribution in [3.8, 4) is 0 Å².